The van der Waals surface area contributed by atoms with Crippen molar-refractivity contribution < 1.29 is 4.79 Å². The summed E-state index contributed by atoms with van der Waals surface area (Å²) in [6.07, 6.45) is 6.73. The first kappa shape index (κ1) is 19.7. The summed E-state index contributed by atoms with van der Waals surface area (Å²) in [5, 5.41) is 0. The summed E-state index contributed by atoms with van der Waals surface area (Å²) in [6.45, 7) is 7.37. The molecule has 1 saturated carbocycles. The van der Waals surface area contributed by atoms with Crippen LogP contribution >= 0.6 is 12.4 Å². The van der Waals surface area contributed by atoms with Crippen molar-refractivity contribution in [3.05, 3.63) is 0 Å². The van der Waals surface area contributed by atoms with Crippen molar-refractivity contribution in [1.29, 1.82) is 0 Å². The third-order valence-electron chi connectivity index (χ3n) is 4.59. The molecule has 0 aromatic heterocycles. The standard InChI is InChI=1S/C16H32N2O.ClH/c1-12(2)15(17)8-9-18(4)16(19)11-14-7-5-6-13(3)10-14;/h12-15H,5-11,17H2,1-4H3;1H. The summed E-state index contributed by atoms with van der Waals surface area (Å²) in [5.74, 6) is 2.20. The van der Waals surface area contributed by atoms with Crippen LogP contribution in [-0.4, -0.2) is 30.4 Å². The van der Waals surface area contributed by atoms with Gasteiger partial charge in [0.15, 0.2) is 0 Å². The van der Waals surface area contributed by atoms with Crippen LogP contribution in [0, 0.1) is 17.8 Å². The van der Waals surface area contributed by atoms with Gasteiger partial charge >= 0.3 is 0 Å². The van der Waals surface area contributed by atoms with Crippen molar-refractivity contribution in [2.75, 3.05) is 13.6 Å². The van der Waals surface area contributed by atoms with E-state index in [9.17, 15) is 4.79 Å². The Bertz CT molecular complexity index is 284. The van der Waals surface area contributed by atoms with Gasteiger partial charge in [-0.2, -0.15) is 0 Å². The summed E-state index contributed by atoms with van der Waals surface area (Å²) in [5.41, 5.74) is 6.03. The van der Waals surface area contributed by atoms with E-state index in [2.05, 4.69) is 20.8 Å². The topological polar surface area (TPSA) is 46.3 Å². The Kier molecular flexibility index (Phi) is 9.48. The lowest BCUT2D eigenvalue weighted by atomic mass is 9.80. The highest BCUT2D eigenvalue weighted by Gasteiger charge is 2.23. The third kappa shape index (κ3) is 6.94. The maximum Gasteiger partial charge on any atom is 0.222 e. The van der Waals surface area contributed by atoms with E-state index in [1.165, 1.54) is 25.7 Å². The molecule has 0 aromatic carbocycles. The van der Waals surface area contributed by atoms with E-state index in [4.69, 9.17) is 5.73 Å². The van der Waals surface area contributed by atoms with E-state index in [1.807, 2.05) is 11.9 Å². The minimum absolute atomic E-state index is 0. The second kappa shape index (κ2) is 9.62. The van der Waals surface area contributed by atoms with Gasteiger partial charge < -0.3 is 10.6 Å². The highest BCUT2D eigenvalue weighted by atomic mass is 35.5. The Morgan fingerprint density at radius 2 is 2.00 bits per heavy atom. The molecule has 1 rings (SSSR count). The highest BCUT2D eigenvalue weighted by Crippen LogP contribution is 2.30. The fourth-order valence-corrected chi connectivity index (χ4v) is 2.95. The Labute approximate surface area is 131 Å². The quantitative estimate of drug-likeness (QED) is 0.817. The molecule has 120 valence electrons. The van der Waals surface area contributed by atoms with Crippen molar-refractivity contribution in [3.63, 3.8) is 0 Å². The van der Waals surface area contributed by atoms with Gasteiger partial charge in [0.2, 0.25) is 5.91 Å². The van der Waals surface area contributed by atoms with E-state index in [-0.39, 0.29) is 18.4 Å². The fourth-order valence-electron chi connectivity index (χ4n) is 2.95. The first-order chi connectivity index (χ1) is 8.90. The van der Waals surface area contributed by atoms with Gasteiger partial charge in [0.05, 0.1) is 0 Å². The van der Waals surface area contributed by atoms with Crippen LogP contribution in [0.3, 0.4) is 0 Å². The molecule has 1 fully saturated rings. The van der Waals surface area contributed by atoms with Crippen LogP contribution in [0.15, 0.2) is 0 Å². The number of carbonyl (C=O) groups excluding carboxylic acids is 1. The summed E-state index contributed by atoms with van der Waals surface area (Å²) in [4.78, 5) is 14.1. The monoisotopic (exact) mass is 304 g/mol. The Balaban J connectivity index is 0.00000361. The number of halogens is 1. The number of carbonyl (C=O) groups is 1. The molecule has 4 heteroatoms. The predicted octanol–water partition coefficient (Wildman–Crippen LogP) is 3.46. The van der Waals surface area contributed by atoms with Crippen molar-refractivity contribution in [2.24, 2.45) is 23.5 Å². The zero-order valence-electron chi connectivity index (χ0n) is 13.6. The van der Waals surface area contributed by atoms with Crippen molar-refractivity contribution >= 4 is 18.3 Å². The van der Waals surface area contributed by atoms with E-state index < -0.39 is 0 Å². The van der Waals surface area contributed by atoms with Crippen LogP contribution in [-0.2, 0) is 4.79 Å². The molecule has 3 unspecified atom stereocenters. The van der Waals surface area contributed by atoms with Crippen LogP contribution < -0.4 is 5.73 Å². The Morgan fingerprint density at radius 3 is 2.55 bits per heavy atom. The molecule has 0 aliphatic heterocycles. The fraction of sp³-hybridized carbons (Fsp3) is 0.938. The Morgan fingerprint density at radius 1 is 1.35 bits per heavy atom. The minimum Gasteiger partial charge on any atom is -0.346 e. The summed E-state index contributed by atoms with van der Waals surface area (Å²) >= 11 is 0. The molecule has 3 atom stereocenters. The zero-order chi connectivity index (χ0) is 14.4. The normalized spacial score (nSPS) is 24.1. The van der Waals surface area contributed by atoms with Gasteiger partial charge in [-0.3, -0.25) is 4.79 Å². The lowest BCUT2D eigenvalue weighted by Crippen LogP contribution is -2.35. The predicted molar refractivity (Wildman–Crippen MR) is 88.1 cm³/mol. The summed E-state index contributed by atoms with van der Waals surface area (Å²) in [7, 11) is 1.92. The van der Waals surface area contributed by atoms with Crippen molar-refractivity contribution in [3.8, 4) is 0 Å². The Hall–Kier alpha value is -0.280. The van der Waals surface area contributed by atoms with E-state index in [0.29, 0.717) is 17.7 Å². The van der Waals surface area contributed by atoms with Crippen LogP contribution in [0.2, 0.25) is 0 Å². The number of hydrogen-bond acceptors (Lipinski definition) is 2. The SMILES string of the molecule is CC1CCCC(CC(=O)N(C)CCC(N)C(C)C)C1.Cl. The van der Waals surface area contributed by atoms with Gasteiger partial charge in [0, 0.05) is 26.1 Å². The summed E-state index contributed by atoms with van der Waals surface area (Å²) in [6, 6.07) is 0.199. The van der Waals surface area contributed by atoms with Crippen molar-refractivity contribution in [1.82, 2.24) is 4.90 Å². The van der Waals surface area contributed by atoms with E-state index >= 15 is 0 Å². The number of nitrogens with two attached hydrogens (primary N) is 1. The average molecular weight is 305 g/mol. The van der Waals surface area contributed by atoms with Gasteiger partial charge in [-0.1, -0.05) is 33.6 Å². The number of hydrogen-bond donors (Lipinski definition) is 1. The molecular weight excluding hydrogens is 272 g/mol. The van der Waals surface area contributed by atoms with Crippen LogP contribution in [0.1, 0.15) is 59.3 Å². The second-order valence-corrected chi connectivity index (χ2v) is 6.85. The number of amides is 1. The lowest BCUT2D eigenvalue weighted by molar-refractivity contribution is -0.131. The number of rotatable bonds is 6. The van der Waals surface area contributed by atoms with Gasteiger partial charge in [-0.05, 0) is 37.0 Å². The smallest absolute Gasteiger partial charge is 0.222 e. The first-order valence-electron chi connectivity index (χ1n) is 7.89. The van der Waals surface area contributed by atoms with Gasteiger partial charge in [-0.15, -0.1) is 12.4 Å². The zero-order valence-corrected chi connectivity index (χ0v) is 14.4. The molecular formula is C16H33ClN2O. The van der Waals surface area contributed by atoms with Crippen LogP contribution in [0.5, 0.6) is 0 Å². The summed E-state index contributed by atoms with van der Waals surface area (Å²) < 4.78 is 0. The minimum atomic E-state index is 0. The molecule has 2 N–H and O–H groups in total. The second-order valence-electron chi connectivity index (χ2n) is 6.85. The van der Waals surface area contributed by atoms with E-state index in [0.717, 1.165) is 25.3 Å². The molecule has 0 spiro atoms. The lowest BCUT2D eigenvalue weighted by Gasteiger charge is -2.28. The molecule has 0 saturated heterocycles. The third-order valence-corrected chi connectivity index (χ3v) is 4.59. The molecule has 0 heterocycles. The molecule has 3 nitrogen and oxygen atoms in total. The van der Waals surface area contributed by atoms with Gasteiger partial charge in [0.25, 0.3) is 0 Å². The maximum absolute atomic E-state index is 12.2. The molecule has 0 bridgehead atoms. The molecule has 20 heavy (non-hydrogen) atoms. The number of nitrogens with zero attached hydrogens (tertiary/aromatic N) is 1. The molecule has 1 aliphatic rings. The largest absolute Gasteiger partial charge is 0.346 e. The molecule has 1 aliphatic carbocycles. The molecule has 0 radical (unpaired) electrons. The molecule has 0 aromatic rings. The first-order valence-corrected chi connectivity index (χ1v) is 7.89. The maximum atomic E-state index is 12.2. The highest BCUT2D eigenvalue weighted by molar-refractivity contribution is 5.85. The van der Waals surface area contributed by atoms with E-state index in [1.54, 1.807) is 0 Å². The average Bonchev–Trinajstić information content (AvgIpc) is 2.35. The molecule has 1 amide bonds. The van der Waals surface area contributed by atoms with Crippen molar-refractivity contribution in [2.45, 2.75) is 65.3 Å². The van der Waals surface area contributed by atoms with Gasteiger partial charge in [-0.25, -0.2) is 0 Å². The van der Waals surface area contributed by atoms with Crippen LogP contribution in [0.4, 0.5) is 0 Å². The van der Waals surface area contributed by atoms with Crippen LogP contribution in [0.25, 0.3) is 0 Å². The van der Waals surface area contributed by atoms with Gasteiger partial charge in [0.1, 0.15) is 0 Å².